The Morgan fingerprint density at radius 1 is 1.40 bits per heavy atom. The van der Waals surface area contributed by atoms with Crippen molar-refractivity contribution in [3.8, 4) is 0 Å². The van der Waals surface area contributed by atoms with E-state index in [1.807, 2.05) is 0 Å². The van der Waals surface area contributed by atoms with Crippen LogP contribution in [-0.2, 0) is 18.5 Å². The molecule has 0 radical (unpaired) electrons. The summed E-state index contributed by atoms with van der Waals surface area (Å²) < 4.78 is 32.3. The molecule has 0 aromatic rings. The molecule has 0 aromatic carbocycles. The first kappa shape index (κ1) is 12.7. The molecule has 0 saturated carbocycles. The molecule has 0 fully saturated rings. The van der Waals surface area contributed by atoms with Crippen LogP contribution in [0, 0.1) is 0 Å². The normalized spacial score (nSPS) is 22.4. The van der Waals surface area contributed by atoms with Crippen molar-refractivity contribution in [2.75, 3.05) is 14.2 Å². The fraction of sp³-hybridized carbons (Fsp3) is 0.500. The van der Waals surface area contributed by atoms with Crippen molar-refractivity contribution >= 4 is 31.3 Å². The summed E-state index contributed by atoms with van der Waals surface area (Å²) in [5, 5.41) is -0.915. The summed E-state index contributed by atoms with van der Waals surface area (Å²) in [6, 6.07) is 0. The van der Waals surface area contributed by atoms with Gasteiger partial charge in [-0.2, -0.15) is 0 Å². The first-order valence-electron chi connectivity index (χ1n) is 4.03. The predicted octanol–water partition coefficient (Wildman–Crippen LogP) is 1.95. The second-order valence-corrected chi connectivity index (χ2v) is 6.07. The van der Waals surface area contributed by atoms with Crippen molar-refractivity contribution in [3.63, 3.8) is 0 Å². The van der Waals surface area contributed by atoms with E-state index in [-0.39, 0.29) is 17.2 Å². The maximum atomic E-state index is 11.2. The van der Waals surface area contributed by atoms with Gasteiger partial charge in [0.25, 0.3) is 0 Å². The SMILES string of the molecule is COC1=CCC(S(=O)(=O)Cl)C(Cl)=C1OC. The Balaban J connectivity index is 3.16. The van der Waals surface area contributed by atoms with Crippen LogP contribution in [0.4, 0.5) is 0 Å². The smallest absolute Gasteiger partial charge is 0.240 e. The van der Waals surface area contributed by atoms with Crippen LogP contribution in [0.25, 0.3) is 0 Å². The zero-order valence-corrected chi connectivity index (χ0v) is 10.5. The van der Waals surface area contributed by atoms with E-state index in [9.17, 15) is 8.42 Å². The number of allylic oxidation sites excluding steroid dienone is 1. The lowest BCUT2D eigenvalue weighted by Gasteiger charge is -2.21. The zero-order chi connectivity index (χ0) is 11.6. The molecule has 1 rings (SSSR count). The maximum absolute atomic E-state index is 11.2. The molecule has 1 unspecified atom stereocenters. The van der Waals surface area contributed by atoms with Gasteiger partial charge in [-0.3, -0.25) is 0 Å². The summed E-state index contributed by atoms with van der Waals surface area (Å²) in [6.45, 7) is 0. The molecule has 15 heavy (non-hydrogen) atoms. The van der Waals surface area contributed by atoms with Crippen molar-refractivity contribution in [1.29, 1.82) is 0 Å². The minimum absolute atomic E-state index is 0.0480. The molecule has 0 aliphatic heterocycles. The van der Waals surface area contributed by atoms with Gasteiger partial charge in [0, 0.05) is 10.7 Å². The van der Waals surface area contributed by atoms with E-state index in [4.69, 9.17) is 31.8 Å². The first-order chi connectivity index (χ1) is 6.91. The van der Waals surface area contributed by atoms with Crippen LogP contribution in [-0.4, -0.2) is 27.9 Å². The largest absolute Gasteiger partial charge is 0.493 e. The monoisotopic (exact) mass is 272 g/mol. The molecule has 7 heteroatoms. The van der Waals surface area contributed by atoms with Crippen molar-refractivity contribution in [1.82, 2.24) is 0 Å². The van der Waals surface area contributed by atoms with Crippen molar-refractivity contribution in [2.45, 2.75) is 11.7 Å². The summed E-state index contributed by atoms with van der Waals surface area (Å²) in [5.41, 5.74) is 0. The number of halogens is 2. The molecule has 0 amide bonds. The summed E-state index contributed by atoms with van der Waals surface area (Å²) in [4.78, 5) is 0. The fourth-order valence-electron chi connectivity index (χ4n) is 1.29. The Hall–Kier alpha value is -0.390. The lowest BCUT2D eigenvalue weighted by Crippen LogP contribution is -2.21. The van der Waals surface area contributed by atoms with E-state index >= 15 is 0 Å². The summed E-state index contributed by atoms with van der Waals surface area (Å²) in [7, 11) is 4.33. The van der Waals surface area contributed by atoms with Crippen LogP contribution in [0.3, 0.4) is 0 Å². The van der Waals surface area contributed by atoms with Crippen LogP contribution >= 0.6 is 22.3 Å². The Bertz CT molecular complexity index is 410. The Kier molecular flexibility index (Phi) is 3.92. The van der Waals surface area contributed by atoms with E-state index in [0.29, 0.717) is 5.76 Å². The molecule has 1 aliphatic carbocycles. The van der Waals surface area contributed by atoms with Gasteiger partial charge in [-0.15, -0.1) is 0 Å². The molecule has 0 bridgehead atoms. The van der Waals surface area contributed by atoms with E-state index < -0.39 is 14.3 Å². The third-order valence-corrected chi connectivity index (χ3v) is 4.32. The average Bonchev–Trinajstić information content (AvgIpc) is 2.15. The average molecular weight is 273 g/mol. The Morgan fingerprint density at radius 2 is 2.00 bits per heavy atom. The van der Waals surface area contributed by atoms with Gasteiger partial charge in [-0.05, 0) is 12.5 Å². The predicted molar refractivity (Wildman–Crippen MR) is 58.2 cm³/mol. The van der Waals surface area contributed by atoms with E-state index in [1.54, 1.807) is 6.08 Å². The van der Waals surface area contributed by atoms with Crippen LogP contribution in [0.5, 0.6) is 0 Å². The summed E-state index contributed by atoms with van der Waals surface area (Å²) in [6.07, 6.45) is 1.76. The molecule has 1 atom stereocenters. The van der Waals surface area contributed by atoms with Gasteiger partial charge in [0.15, 0.2) is 11.5 Å². The van der Waals surface area contributed by atoms with Crippen LogP contribution in [0.1, 0.15) is 6.42 Å². The second-order valence-electron chi connectivity index (χ2n) is 2.85. The van der Waals surface area contributed by atoms with Gasteiger partial charge >= 0.3 is 0 Å². The quantitative estimate of drug-likeness (QED) is 0.737. The highest BCUT2D eigenvalue weighted by Crippen LogP contribution is 2.34. The minimum Gasteiger partial charge on any atom is -0.493 e. The Morgan fingerprint density at radius 3 is 2.40 bits per heavy atom. The van der Waals surface area contributed by atoms with Crippen LogP contribution in [0.15, 0.2) is 22.6 Å². The summed E-state index contributed by atoms with van der Waals surface area (Å²) in [5.74, 6) is 0.624. The molecule has 1 aliphatic rings. The van der Waals surface area contributed by atoms with Crippen LogP contribution in [0.2, 0.25) is 0 Å². The lowest BCUT2D eigenvalue weighted by molar-refractivity contribution is 0.214. The molecular weight excluding hydrogens is 263 g/mol. The minimum atomic E-state index is -3.75. The highest BCUT2D eigenvalue weighted by atomic mass is 35.7. The highest BCUT2D eigenvalue weighted by molar-refractivity contribution is 8.14. The van der Waals surface area contributed by atoms with Gasteiger partial charge in [0.1, 0.15) is 5.25 Å². The fourth-order valence-corrected chi connectivity index (χ4v) is 3.20. The van der Waals surface area contributed by atoms with Crippen molar-refractivity contribution < 1.29 is 17.9 Å². The number of rotatable bonds is 3. The molecule has 0 N–H and O–H groups in total. The van der Waals surface area contributed by atoms with Crippen molar-refractivity contribution in [3.05, 3.63) is 22.6 Å². The van der Waals surface area contributed by atoms with E-state index in [1.165, 1.54) is 14.2 Å². The molecule has 4 nitrogen and oxygen atoms in total. The summed E-state index contributed by atoms with van der Waals surface area (Å²) >= 11 is 5.88. The highest BCUT2D eigenvalue weighted by Gasteiger charge is 2.33. The number of methoxy groups -OCH3 is 2. The van der Waals surface area contributed by atoms with Crippen LogP contribution < -0.4 is 0 Å². The lowest BCUT2D eigenvalue weighted by atomic mass is 10.1. The van der Waals surface area contributed by atoms with Gasteiger partial charge < -0.3 is 9.47 Å². The zero-order valence-electron chi connectivity index (χ0n) is 8.16. The topological polar surface area (TPSA) is 52.6 Å². The number of ether oxygens (including phenoxy) is 2. The molecular formula is C8H10Cl2O4S. The third kappa shape index (κ3) is 2.59. The maximum Gasteiger partial charge on any atom is 0.240 e. The molecule has 0 saturated heterocycles. The number of hydrogen-bond donors (Lipinski definition) is 0. The standard InChI is InChI=1S/C8H10Cl2O4S/c1-13-5-3-4-6(15(10,11)12)7(9)8(5)14-2/h3,6H,4H2,1-2H3. The van der Waals surface area contributed by atoms with Crippen molar-refractivity contribution in [2.24, 2.45) is 0 Å². The van der Waals surface area contributed by atoms with E-state index in [0.717, 1.165) is 0 Å². The molecule has 0 heterocycles. The Labute approximate surface area is 97.9 Å². The second kappa shape index (κ2) is 4.63. The van der Waals surface area contributed by atoms with Gasteiger partial charge in [-0.25, -0.2) is 8.42 Å². The number of hydrogen-bond acceptors (Lipinski definition) is 4. The van der Waals surface area contributed by atoms with E-state index in [2.05, 4.69) is 0 Å². The molecule has 0 aromatic heterocycles. The molecule has 0 spiro atoms. The molecule has 86 valence electrons. The van der Waals surface area contributed by atoms with Gasteiger partial charge in [0.05, 0.1) is 19.3 Å². The first-order valence-corrected chi connectivity index (χ1v) is 6.78. The third-order valence-electron chi connectivity index (χ3n) is 2.00. The van der Waals surface area contributed by atoms with Gasteiger partial charge in [-0.1, -0.05) is 11.6 Å². The van der Waals surface area contributed by atoms with Gasteiger partial charge in [0.2, 0.25) is 9.05 Å².